The van der Waals surface area contributed by atoms with Crippen LogP contribution in [0, 0.1) is 5.92 Å². The van der Waals surface area contributed by atoms with Gasteiger partial charge in [-0.1, -0.05) is 0 Å². The number of rotatable bonds is 3. The summed E-state index contributed by atoms with van der Waals surface area (Å²) in [6, 6.07) is 0. The zero-order chi connectivity index (χ0) is 23.5. The Morgan fingerprint density at radius 1 is 1.00 bits per heavy atom. The second-order valence-corrected chi connectivity index (χ2v) is 14.5. The molecule has 0 aromatic carbocycles. The number of carbonyl (C=O) groups excluding carboxylic acids is 1. The Morgan fingerprint density at radius 3 is 2.29 bits per heavy atom. The van der Waals surface area contributed by atoms with E-state index in [0.29, 0.717) is 48.9 Å². The Labute approximate surface area is 198 Å². The van der Waals surface area contributed by atoms with E-state index in [1.165, 1.54) is 0 Å². The lowest BCUT2D eigenvalue weighted by atomic mass is 9.50. The van der Waals surface area contributed by atoms with Gasteiger partial charge in [-0.3, -0.25) is 4.79 Å². The second kappa shape index (κ2) is 6.71. The molecule has 9 heteroatoms. The van der Waals surface area contributed by atoms with Gasteiger partial charge in [-0.2, -0.15) is 0 Å². The number of alkyl halides is 2. The number of pyridine rings is 1. The van der Waals surface area contributed by atoms with Crippen LogP contribution in [0.4, 0.5) is 14.6 Å². The number of carbonyl (C=O) groups is 1. The van der Waals surface area contributed by atoms with E-state index in [0.717, 1.165) is 36.8 Å². The van der Waals surface area contributed by atoms with Crippen molar-refractivity contribution >= 4 is 21.6 Å². The quantitative estimate of drug-likeness (QED) is 0.694. The van der Waals surface area contributed by atoms with Gasteiger partial charge in [-0.25, -0.2) is 22.2 Å². The number of fused-ring (bicyclic) bond motifs is 5. The second-order valence-electron chi connectivity index (χ2n) is 12.2. The maximum atomic E-state index is 15.5. The molecule has 8 rings (SSSR count). The van der Waals surface area contributed by atoms with E-state index in [-0.39, 0.29) is 42.8 Å². The summed E-state index contributed by atoms with van der Waals surface area (Å²) in [7, 11) is -3.08. The van der Waals surface area contributed by atoms with E-state index in [1.807, 2.05) is 0 Å². The van der Waals surface area contributed by atoms with Crippen molar-refractivity contribution in [1.82, 2.24) is 9.88 Å². The first-order valence-corrected chi connectivity index (χ1v) is 14.6. The van der Waals surface area contributed by atoms with Crippen molar-refractivity contribution in [3.05, 3.63) is 22.9 Å². The molecule has 184 valence electrons. The topological polar surface area (TPSA) is 79.4 Å². The number of hydrogen-bond donors (Lipinski definition) is 1. The van der Waals surface area contributed by atoms with Gasteiger partial charge in [-0.15, -0.1) is 0 Å². The number of nitrogens with zero attached hydrogens (tertiary/aromatic N) is 2. The summed E-state index contributed by atoms with van der Waals surface area (Å²) in [4.78, 5) is 19.8. The molecule has 7 aliphatic rings. The van der Waals surface area contributed by atoms with Crippen molar-refractivity contribution in [2.24, 2.45) is 5.92 Å². The maximum absolute atomic E-state index is 15.5. The Kier molecular flexibility index (Phi) is 4.24. The fourth-order valence-corrected chi connectivity index (χ4v) is 10.1. The molecule has 1 aliphatic heterocycles. The first-order chi connectivity index (χ1) is 16.1. The van der Waals surface area contributed by atoms with Gasteiger partial charge in [-0.05, 0) is 61.8 Å². The van der Waals surface area contributed by atoms with Crippen LogP contribution in [0.15, 0.2) is 6.20 Å². The molecule has 6 bridgehead atoms. The highest BCUT2D eigenvalue weighted by Crippen LogP contribution is 2.63. The Morgan fingerprint density at radius 2 is 1.65 bits per heavy atom. The fraction of sp³-hybridized carbons (Fsp3) is 0.760. The van der Waals surface area contributed by atoms with Gasteiger partial charge in [0.1, 0.15) is 17.2 Å². The van der Waals surface area contributed by atoms with Gasteiger partial charge in [0.15, 0.2) is 9.84 Å². The lowest BCUT2D eigenvalue weighted by Crippen LogP contribution is -2.65. The number of nitrogens with one attached hydrogen (secondary N) is 1. The molecule has 0 spiro atoms. The van der Waals surface area contributed by atoms with Crippen LogP contribution < -0.4 is 5.32 Å². The molecule has 4 unspecified atom stereocenters. The van der Waals surface area contributed by atoms with Gasteiger partial charge in [0, 0.05) is 49.7 Å². The van der Waals surface area contributed by atoms with E-state index in [1.54, 1.807) is 11.1 Å². The molecule has 6 aliphatic carbocycles. The average Bonchev–Trinajstić information content (AvgIpc) is 3.33. The monoisotopic (exact) mass is 491 g/mol. The van der Waals surface area contributed by atoms with E-state index >= 15 is 8.78 Å². The summed E-state index contributed by atoms with van der Waals surface area (Å²) in [5, 5.41) is 3.58. The molecule has 1 amide bonds. The summed E-state index contributed by atoms with van der Waals surface area (Å²) in [5.41, 5.74) is -0.786. The van der Waals surface area contributed by atoms with Crippen molar-refractivity contribution < 1.29 is 22.0 Å². The zero-order valence-electron chi connectivity index (χ0n) is 19.3. The standard InChI is InChI=1S/C25H31F2N3O3S/c26-23-8-15-9-24(27,12-23)14-25(10-15,13-23)29-21-20-17-2-1-16(7-17)19(20)18(11-28-21)22(31)30-3-5-34(32,33)6-4-30/h11,15-17H,1-10,12-14H2,(H,28,29). The number of halogens is 2. The summed E-state index contributed by atoms with van der Waals surface area (Å²) >= 11 is 0. The summed E-state index contributed by atoms with van der Waals surface area (Å²) in [6.07, 6.45) is 7.09. The van der Waals surface area contributed by atoms with Gasteiger partial charge in [0.2, 0.25) is 0 Å². The van der Waals surface area contributed by atoms with Gasteiger partial charge in [0.25, 0.3) is 5.91 Å². The molecule has 5 saturated carbocycles. The molecule has 1 aromatic heterocycles. The van der Waals surface area contributed by atoms with Crippen LogP contribution in [-0.4, -0.2) is 65.7 Å². The first-order valence-electron chi connectivity index (χ1n) is 12.7. The predicted octanol–water partition coefficient (Wildman–Crippen LogP) is 3.88. The SMILES string of the molecule is O=C(c1cnc(NC23CC4CC(F)(CC(F)(C4)C2)C3)c2c1C1CCC2C1)N1CCS(=O)(=O)CC1. The minimum Gasteiger partial charge on any atom is -0.364 e. The molecule has 2 heterocycles. The minimum absolute atomic E-state index is 0.000298. The third-order valence-electron chi connectivity index (χ3n) is 9.59. The number of hydrogen-bond acceptors (Lipinski definition) is 5. The number of amides is 1. The predicted molar refractivity (Wildman–Crippen MR) is 123 cm³/mol. The summed E-state index contributed by atoms with van der Waals surface area (Å²) in [5.74, 6) is 1.26. The molecule has 1 N–H and O–H groups in total. The van der Waals surface area contributed by atoms with Crippen LogP contribution in [0.3, 0.4) is 0 Å². The Balaban J connectivity index is 1.23. The highest BCUT2D eigenvalue weighted by atomic mass is 32.2. The van der Waals surface area contributed by atoms with Crippen LogP contribution in [0.1, 0.15) is 91.1 Å². The van der Waals surface area contributed by atoms with Gasteiger partial charge >= 0.3 is 0 Å². The number of sulfone groups is 1. The molecule has 34 heavy (non-hydrogen) atoms. The van der Waals surface area contributed by atoms with Crippen molar-refractivity contribution in [3.8, 4) is 0 Å². The summed E-state index contributed by atoms with van der Waals surface area (Å²) in [6.45, 7) is 0.428. The van der Waals surface area contributed by atoms with Crippen molar-refractivity contribution in [1.29, 1.82) is 0 Å². The first kappa shape index (κ1) is 21.5. The van der Waals surface area contributed by atoms with Gasteiger partial charge < -0.3 is 10.2 Å². The molecule has 1 saturated heterocycles. The van der Waals surface area contributed by atoms with Crippen molar-refractivity contribution in [2.75, 3.05) is 29.9 Å². The highest BCUT2D eigenvalue weighted by Gasteiger charge is 2.65. The van der Waals surface area contributed by atoms with Crippen LogP contribution in [-0.2, 0) is 9.84 Å². The average molecular weight is 492 g/mol. The maximum Gasteiger partial charge on any atom is 0.255 e. The Bertz CT molecular complexity index is 1170. The lowest BCUT2D eigenvalue weighted by molar-refractivity contribution is -0.137. The molecular formula is C25H31F2N3O3S. The van der Waals surface area contributed by atoms with E-state index in [2.05, 4.69) is 5.32 Å². The molecule has 0 radical (unpaired) electrons. The van der Waals surface area contributed by atoms with Crippen LogP contribution in [0.2, 0.25) is 0 Å². The largest absolute Gasteiger partial charge is 0.364 e. The fourth-order valence-electron chi connectivity index (χ4n) is 8.85. The Hall–Kier alpha value is -1.77. The third-order valence-corrected chi connectivity index (χ3v) is 11.2. The molecule has 1 aromatic rings. The van der Waals surface area contributed by atoms with E-state index in [4.69, 9.17) is 4.98 Å². The van der Waals surface area contributed by atoms with E-state index in [9.17, 15) is 13.2 Å². The van der Waals surface area contributed by atoms with Crippen LogP contribution in [0.5, 0.6) is 0 Å². The lowest BCUT2D eigenvalue weighted by Gasteiger charge is -2.61. The highest BCUT2D eigenvalue weighted by molar-refractivity contribution is 7.91. The van der Waals surface area contributed by atoms with Crippen molar-refractivity contribution in [3.63, 3.8) is 0 Å². The van der Waals surface area contributed by atoms with Gasteiger partial charge in [0.05, 0.1) is 17.1 Å². The smallest absolute Gasteiger partial charge is 0.255 e. The van der Waals surface area contributed by atoms with Crippen molar-refractivity contribution in [2.45, 2.75) is 86.5 Å². The summed E-state index contributed by atoms with van der Waals surface area (Å²) < 4.78 is 54.7. The molecule has 6 fully saturated rings. The number of anilines is 1. The molecule has 4 atom stereocenters. The zero-order valence-corrected chi connectivity index (χ0v) is 20.1. The molecule has 6 nitrogen and oxygen atoms in total. The normalized spacial score (nSPS) is 43.2. The van der Waals surface area contributed by atoms with E-state index < -0.39 is 26.7 Å². The number of aromatic nitrogens is 1. The minimum atomic E-state index is -3.08. The molecular weight excluding hydrogens is 460 g/mol. The third kappa shape index (κ3) is 3.17. The van der Waals surface area contributed by atoms with Crippen LogP contribution in [0.25, 0.3) is 0 Å². The van der Waals surface area contributed by atoms with Crippen LogP contribution >= 0.6 is 0 Å².